The van der Waals surface area contributed by atoms with Crippen LogP contribution in [-0.4, -0.2) is 26.7 Å². The minimum Gasteiger partial charge on any atom is -0.354 e. The van der Waals surface area contributed by atoms with Crippen molar-refractivity contribution in [3.63, 3.8) is 0 Å². The van der Waals surface area contributed by atoms with Crippen LogP contribution in [0.25, 0.3) is 0 Å². The monoisotopic (exact) mass is 244 g/mol. The summed E-state index contributed by atoms with van der Waals surface area (Å²) in [7, 11) is 0. The maximum absolute atomic E-state index is 11.5. The topological polar surface area (TPSA) is 59.8 Å². The number of carbonyl (C=O) groups is 1. The van der Waals surface area contributed by atoms with Gasteiger partial charge in [-0.05, 0) is 13.3 Å². The number of halogens is 1. The smallest absolute Gasteiger partial charge is 0.222 e. The van der Waals surface area contributed by atoms with E-state index in [0.29, 0.717) is 24.7 Å². The van der Waals surface area contributed by atoms with Gasteiger partial charge >= 0.3 is 0 Å². The molecule has 1 aromatic rings. The molecular formula is C10H17ClN4O. The molecule has 0 spiro atoms. The van der Waals surface area contributed by atoms with Gasteiger partial charge in [-0.25, -0.2) is 0 Å². The predicted octanol–water partition coefficient (Wildman–Crippen LogP) is 1.32. The van der Waals surface area contributed by atoms with Crippen LogP contribution in [0.3, 0.4) is 0 Å². The molecule has 0 radical (unpaired) electrons. The van der Waals surface area contributed by atoms with Gasteiger partial charge in [0.05, 0.1) is 5.88 Å². The molecule has 5 nitrogen and oxygen atoms in total. The molecular weight excluding hydrogens is 228 g/mol. The van der Waals surface area contributed by atoms with E-state index in [9.17, 15) is 4.79 Å². The number of nitrogens with zero attached hydrogens (tertiary/aromatic N) is 3. The van der Waals surface area contributed by atoms with Crippen molar-refractivity contribution in [3.05, 3.63) is 12.2 Å². The molecule has 1 heterocycles. The minimum atomic E-state index is 0.0450. The van der Waals surface area contributed by atoms with Gasteiger partial charge in [0.2, 0.25) is 5.91 Å². The fourth-order valence-corrected chi connectivity index (χ4v) is 1.45. The van der Waals surface area contributed by atoms with Gasteiger partial charge in [0.25, 0.3) is 0 Å². The summed E-state index contributed by atoms with van der Waals surface area (Å²) in [6.45, 7) is 4.59. The molecule has 6 heteroatoms. The molecule has 0 aliphatic carbocycles. The number of rotatable bonds is 6. The number of aryl methyl sites for hydroxylation is 1. The Kier molecular flexibility index (Phi) is 5.25. The Balaban J connectivity index is 2.37. The van der Waals surface area contributed by atoms with Gasteiger partial charge in [0.1, 0.15) is 12.2 Å². The Morgan fingerprint density at radius 2 is 2.44 bits per heavy atom. The number of aromatic nitrogens is 3. The van der Waals surface area contributed by atoms with Crippen molar-refractivity contribution >= 4 is 17.5 Å². The molecule has 0 saturated carbocycles. The first-order valence-corrected chi connectivity index (χ1v) is 5.92. The first-order chi connectivity index (χ1) is 7.67. The van der Waals surface area contributed by atoms with E-state index in [1.807, 2.05) is 13.8 Å². The molecule has 0 aliphatic heterocycles. The second kappa shape index (κ2) is 6.48. The third kappa shape index (κ3) is 3.81. The first-order valence-electron chi connectivity index (χ1n) is 5.39. The first kappa shape index (κ1) is 13.0. The molecule has 1 amide bonds. The van der Waals surface area contributed by atoms with Gasteiger partial charge in [-0.1, -0.05) is 6.92 Å². The van der Waals surface area contributed by atoms with Crippen LogP contribution in [-0.2, 0) is 17.2 Å². The second-order valence-corrected chi connectivity index (χ2v) is 3.97. The van der Waals surface area contributed by atoms with Crippen molar-refractivity contribution in [3.8, 4) is 0 Å². The number of hydrogen-bond donors (Lipinski definition) is 1. The molecule has 1 rings (SSSR count). The molecule has 1 N–H and O–H groups in total. The Bertz CT molecular complexity index is 339. The molecule has 1 unspecified atom stereocenters. The van der Waals surface area contributed by atoms with Crippen LogP contribution in [0.15, 0.2) is 6.33 Å². The maximum Gasteiger partial charge on any atom is 0.222 e. The van der Waals surface area contributed by atoms with E-state index in [0.717, 1.165) is 6.42 Å². The van der Waals surface area contributed by atoms with Crippen molar-refractivity contribution in [1.82, 2.24) is 20.1 Å². The highest BCUT2D eigenvalue weighted by atomic mass is 35.5. The van der Waals surface area contributed by atoms with Gasteiger partial charge in [-0.3, -0.25) is 4.79 Å². The number of alkyl halides is 1. The SMILES string of the molecule is CCC(C)NC(=O)CCn1cnnc1CCl. The molecule has 0 fully saturated rings. The second-order valence-electron chi connectivity index (χ2n) is 3.70. The molecule has 90 valence electrons. The zero-order chi connectivity index (χ0) is 12.0. The molecule has 1 aromatic heterocycles. The van der Waals surface area contributed by atoms with Crippen LogP contribution in [0.4, 0.5) is 0 Å². The summed E-state index contributed by atoms with van der Waals surface area (Å²) in [5.74, 6) is 1.05. The lowest BCUT2D eigenvalue weighted by Crippen LogP contribution is -2.32. The summed E-state index contributed by atoms with van der Waals surface area (Å²) in [5.41, 5.74) is 0. The fourth-order valence-electron chi connectivity index (χ4n) is 1.24. The summed E-state index contributed by atoms with van der Waals surface area (Å²) in [6.07, 6.45) is 2.95. The summed E-state index contributed by atoms with van der Waals surface area (Å²) >= 11 is 5.67. The van der Waals surface area contributed by atoms with E-state index in [1.54, 1.807) is 10.9 Å². The average molecular weight is 245 g/mol. The van der Waals surface area contributed by atoms with Crippen molar-refractivity contribution in [2.45, 2.75) is 45.2 Å². The molecule has 0 aromatic carbocycles. The lowest BCUT2D eigenvalue weighted by atomic mass is 10.2. The van der Waals surface area contributed by atoms with Crippen molar-refractivity contribution in [2.24, 2.45) is 0 Å². The Morgan fingerprint density at radius 3 is 3.06 bits per heavy atom. The van der Waals surface area contributed by atoms with Crippen molar-refractivity contribution in [2.75, 3.05) is 0 Å². The number of hydrogen-bond acceptors (Lipinski definition) is 3. The van der Waals surface area contributed by atoms with E-state index in [-0.39, 0.29) is 11.9 Å². The predicted molar refractivity (Wildman–Crippen MR) is 62.1 cm³/mol. The standard InChI is InChI=1S/C10H17ClN4O/c1-3-8(2)13-10(16)4-5-15-7-12-14-9(15)6-11/h7-8H,3-6H2,1-2H3,(H,13,16). The maximum atomic E-state index is 11.5. The van der Waals surface area contributed by atoms with E-state index in [2.05, 4.69) is 15.5 Å². The number of nitrogens with one attached hydrogen (secondary N) is 1. The van der Waals surface area contributed by atoms with Crippen LogP contribution in [0.5, 0.6) is 0 Å². The molecule has 1 atom stereocenters. The molecule has 0 aliphatic rings. The third-order valence-corrected chi connectivity index (χ3v) is 2.65. The summed E-state index contributed by atoms with van der Waals surface area (Å²) in [4.78, 5) is 11.5. The quantitative estimate of drug-likeness (QED) is 0.768. The molecule has 0 saturated heterocycles. The van der Waals surface area contributed by atoms with E-state index >= 15 is 0 Å². The van der Waals surface area contributed by atoms with Crippen LogP contribution < -0.4 is 5.32 Å². The summed E-state index contributed by atoms with van der Waals surface area (Å²) in [5, 5.41) is 10.5. The highest BCUT2D eigenvalue weighted by molar-refractivity contribution is 6.16. The zero-order valence-electron chi connectivity index (χ0n) is 9.61. The van der Waals surface area contributed by atoms with Gasteiger partial charge in [-0.2, -0.15) is 0 Å². The van der Waals surface area contributed by atoms with Crippen molar-refractivity contribution < 1.29 is 4.79 Å². The summed E-state index contributed by atoms with van der Waals surface area (Å²) < 4.78 is 1.79. The van der Waals surface area contributed by atoms with Crippen LogP contribution in [0, 0.1) is 0 Å². The Morgan fingerprint density at radius 1 is 1.69 bits per heavy atom. The van der Waals surface area contributed by atoms with Crippen molar-refractivity contribution in [1.29, 1.82) is 0 Å². The van der Waals surface area contributed by atoms with Gasteiger partial charge in [0.15, 0.2) is 0 Å². The normalized spacial score (nSPS) is 12.4. The highest BCUT2D eigenvalue weighted by Crippen LogP contribution is 2.01. The molecule has 16 heavy (non-hydrogen) atoms. The van der Waals surface area contributed by atoms with Crippen LogP contribution in [0.1, 0.15) is 32.5 Å². The zero-order valence-corrected chi connectivity index (χ0v) is 10.4. The molecule has 0 bridgehead atoms. The lowest BCUT2D eigenvalue weighted by Gasteiger charge is -2.11. The fraction of sp³-hybridized carbons (Fsp3) is 0.700. The minimum absolute atomic E-state index is 0.0450. The van der Waals surface area contributed by atoms with E-state index in [4.69, 9.17) is 11.6 Å². The largest absolute Gasteiger partial charge is 0.354 e. The average Bonchev–Trinajstić information content (AvgIpc) is 2.73. The lowest BCUT2D eigenvalue weighted by molar-refractivity contribution is -0.121. The Labute approximate surface area is 100 Å². The highest BCUT2D eigenvalue weighted by Gasteiger charge is 2.07. The summed E-state index contributed by atoms with van der Waals surface area (Å²) in [6, 6.07) is 0.223. The van der Waals surface area contributed by atoms with Gasteiger partial charge in [-0.15, -0.1) is 21.8 Å². The van der Waals surface area contributed by atoms with E-state index < -0.39 is 0 Å². The van der Waals surface area contributed by atoms with Crippen LogP contribution >= 0.6 is 11.6 Å². The number of amides is 1. The number of carbonyl (C=O) groups excluding carboxylic acids is 1. The van der Waals surface area contributed by atoms with Gasteiger partial charge < -0.3 is 9.88 Å². The van der Waals surface area contributed by atoms with Gasteiger partial charge in [0, 0.05) is 19.0 Å². The Hall–Kier alpha value is -1.10. The van der Waals surface area contributed by atoms with Crippen LogP contribution in [0.2, 0.25) is 0 Å². The third-order valence-electron chi connectivity index (χ3n) is 2.41. The van der Waals surface area contributed by atoms with E-state index in [1.165, 1.54) is 0 Å².